The summed E-state index contributed by atoms with van der Waals surface area (Å²) in [6.45, 7) is 9.21. The maximum Gasteiger partial charge on any atom is 0.246 e. The Morgan fingerprint density at radius 2 is 2.07 bits per heavy atom. The SMILES string of the molecule is C[C@H](O)C(C)(C)c1cc(NC(=O)C(C)(C)S(=O)(=O)CC[C@@H]2CCOC2)no1. The number of anilines is 1. The molecule has 0 unspecified atom stereocenters. The summed E-state index contributed by atoms with van der Waals surface area (Å²) in [5, 5.41) is 16.1. The average Bonchev–Trinajstić information content (AvgIpc) is 3.24. The summed E-state index contributed by atoms with van der Waals surface area (Å²) >= 11 is 0. The summed E-state index contributed by atoms with van der Waals surface area (Å²) < 4.78 is 34.3. The van der Waals surface area contributed by atoms with Gasteiger partial charge >= 0.3 is 0 Å². The fraction of sp³-hybridized carbons (Fsp3) is 0.778. The van der Waals surface area contributed by atoms with E-state index in [0.717, 1.165) is 6.42 Å². The molecule has 1 saturated heterocycles. The van der Waals surface area contributed by atoms with E-state index in [9.17, 15) is 18.3 Å². The highest BCUT2D eigenvalue weighted by Gasteiger charge is 2.42. The van der Waals surface area contributed by atoms with Gasteiger partial charge in [0.25, 0.3) is 0 Å². The van der Waals surface area contributed by atoms with Crippen LogP contribution < -0.4 is 5.32 Å². The number of amides is 1. The number of hydrogen-bond acceptors (Lipinski definition) is 7. The van der Waals surface area contributed by atoms with Crippen LogP contribution in [0.3, 0.4) is 0 Å². The van der Waals surface area contributed by atoms with Gasteiger partial charge in [0.05, 0.1) is 17.3 Å². The first-order valence-electron chi connectivity index (χ1n) is 9.14. The number of ether oxygens (including phenoxy) is 1. The molecule has 1 aromatic rings. The van der Waals surface area contributed by atoms with E-state index in [2.05, 4.69) is 10.5 Å². The third kappa shape index (κ3) is 4.70. The second-order valence-electron chi connectivity index (χ2n) is 8.28. The van der Waals surface area contributed by atoms with Crippen molar-refractivity contribution in [3.8, 4) is 0 Å². The Labute approximate surface area is 160 Å². The molecule has 0 aromatic carbocycles. The Hall–Kier alpha value is -1.45. The summed E-state index contributed by atoms with van der Waals surface area (Å²) in [5.41, 5.74) is -0.694. The van der Waals surface area contributed by atoms with Crippen molar-refractivity contribution in [2.75, 3.05) is 24.3 Å². The molecule has 1 amide bonds. The van der Waals surface area contributed by atoms with Crippen molar-refractivity contribution in [1.29, 1.82) is 0 Å². The monoisotopic (exact) mass is 402 g/mol. The van der Waals surface area contributed by atoms with Crippen molar-refractivity contribution in [3.63, 3.8) is 0 Å². The van der Waals surface area contributed by atoms with Gasteiger partial charge in [-0.1, -0.05) is 19.0 Å². The van der Waals surface area contributed by atoms with E-state index in [0.29, 0.717) is 25.4 Å². The topological polar surface area (TPSA) is 119 Å². The van der Waals surface area contributed by atoms with Gasteiger partial charge in [0.2, 0.25) is 5.91 Å². The summed E-state index contributed by atoms with van der Waals surface area (Å²) in [7, 11) is -3.67. The number of nitrogens with one attached hydrogen (secondary N) is 1. The minimum Gasteiger partial charge on any atom is -0.392 e. The number of nitrogens with zero attached hydrogens (tertiary/aromatic N) is 1. The van der Waals surface area contributed by atoms with Crippen LogP contribution in [0.2, 0.25) is 0 Å². The van der Waals surface area contributed by atoms with Crippen LogP contribution in [-0.4, -0.2) is 54.4 Å². The molecule has 0 saturated carbocycles. The molecule has 27 heavy (non-hydrogen) atoms. The lowest BCUT2D eigenvalue weighted by molar-refractivity contribution is -0.117. The second kappa shape index (κ2) is 7.89. The zero-order chi connectivity index (χ0) is 20.5. The molecule has 0 aliphatic carbocycles. The largest absolute Gasteiger partial charge is 0.392 e. The molecule has 9 heteroatoms. The second-order valence-corrected chi connectivity index (χ2v) is 10.9. The zero-order valence-corrected chi connectivity index (χ0v) is 17.4. The molecule has 8 nitrogen and oxygen atoms in total. The van der Waals surface area contributed by atoms with Crippen molar-refractivity contribution in [1.82, 2.24) is 5.16 Å². The van der Waals surface area contributed by atoms with E-state index in [-0.39, 0.29) is 17.5 Å². The van der Waals surface area contributed by atoms with Crippen LogP contribution in [-0.2, 0) is 24.8 Å². The van der Waals surface area contributed by atoms with Crippen LogP contribution >= 0.6 is 0 Å². The Kier molecular flexibility index (Phi) is 6.38. The van der Waals surface area contributed by atoms with E-state index < -0.39 is 32.0 Å². The normalized spacial score (nSPS) is 19.9. The fourth-order valence-electron chi connectivity index (χ4n) is 2.64. The van der Waals surface area contributed by atoms with Gasteiger partial charge in [0.1, 0.15) is 10.5 Å². The minimum absolute atomic E-state index is 0.0689. The summed E-state index contributed by atoms with van der Waals surface area (Å²) in [4.78, 5) is 12.6. The van der Waals surface area contributed by atoms with Crippen LogP contribution in [0.5, 0.6) is 0 Å². The third-order valence-corrected chi connectivity index (χ3v) is 8.09. The van der Waals surface area contributed by atoms with Crippen molar-refractivity contribution in [2.45, 2.75) is 63.7 Å². The first-order chi connectivity index (χ1) is 12.4. The number of aliphatic hydroxyl groups is 1. The third-order valence-electron chi connectivity index (χ3n) is 5.57. The standard InChI is InChI=1S/C18H30N2O6S/c1-12(21)17(2,3)14-10-15(20-26-14)19-16(22)18(4,5)27(23,24)9-7-13-6-8-25-11-13/h10,12-13,21H,6-9,11H2,1-5H3,(H,19,20,22)/t12-,13-/m0/s1. The summed E-state index contributed by atoms with van der Waals surface area (Å²) in [6.07, 6.45) is 0.643. The zero-order valence-electron chi connectivity index (χ0n) is 16.6. The molecular weight excluding hydrogens is 372 g/mol. The van der Waals surface area contributed by atoms with Crippen LogP contribution in [0.4, 0.5) is 5.82 Å². The predicted molar refractivity (Wildman–Crippen MR) is 101 cm³/mol. The molecule has 2 N–H and O–H groups in total. The van der Waals surface area contributed by atoms with E-state index in [1.807, 2.05) is 0 Å². The maximum absolute atomic E-state index is 12.7. The van der Waals surface area contributed by atoms with Gasteiger partial charge in [-0.2, -0.15) is 0 Å². The van der Waals surface area contributed by atoms with E-state index >= 15 is 0 Å². The smallest absolute Gasteiger partial charge is 0.246 e. The highest BCUT2D eigenvalue weighted by Crippen LogP contribution is 2.30. The number of hydrogen-bond donors (Lipinski definition) is 2. The Morgan fingerprint density at radius 1 is 1.41 bits per heavy atom. The minimum atomic E-state index is -3.67. The van der Waals surface area contributed by atoms with Gasteiger partial charge in [0, 0.05) is 19.3 Å². The molecule has 0 spiro atoms. The number of carbonyl (C=O) groups is 1. The quantitative estimate of drug-likeness (QED) is 0.681. The predicted octanol–water partition coefficient (Wildman–Crippen LogP) is 1.89. The van der Waals surface area contributed by atoms with Gasteiger partial charge in [-0.25, -0.2) is 8.42 Å². The molecule has 2 rings (SSSR count). The van der Waals surface area contributed by atoms with Gasteiger partial charge in [-0.15, -0.1) is 0 Å². The lowest BCUT2D eigenvalue weighted by atomic mass is 9.85. The van der Waals surface area contributed by atoms with Crippen molar-refractivity contribution >= 4 is 21.6 Å². The lowest BCUT2D eigenvalue weighted by Crippen LogP contribution is -2.46. The van der Waals surface area contributed by atoms with E-state index in [4.69, 9.17) is 9.26 Å². The average molecular weight is 403 g/mol. The molecule has 1 aromatic heterocycles. The van der Waals surface area contributed by atoms with E-state index in [1.54, 1.807) is 20.8 Å². The molecule has 0 radical (unpaired) electrons. The molecule has 154 valence electrons. The number of rotatable bonds is 8. The number of aliphatic hydroxyl groups excluding tert-OH is 1. The molecule has 1 aliphatic heterocycles. The van der Waals surface area contributed by atoms with Crippen molar-refractivity contribution in [3.05, 3.63) is 11.8 Å². The highest BCUT2D eigenvalue weighted by molar-refractivity contribution is 7.93. The highest BCUT2D eigenvalue weighted by atomic mass is 32.2. The molecule has 2 heterocycles. The van der Waals surface area contributed by atoms with E-state index in [1.165, 1.54) is 19.9 Å². The van der Waals surface area contributed by atoms with Gasteiger partial charge in [-0.05, 0) is 39.5 Å². The lowest BCUT2D eigenvalue weighted by Gasteiger charge is -2.24. The Bertz CT molecular complexity index is 761. The van der Waals surface area contributed by atoms with Crippen LogP contribution in [0.1, 0.15) is 53.2 Å². The van der Waals surface area contributed by atoms with Crippen LogP contribution in [0.25, 0.3) is 0 Å². The number of aromatic nitrogens is 1. The van der Waals surface area contributed by atoms with Crippen molar-refractivity contribution in [2.24, 2.45) is 5.92 Å². The van der Waals surface area contributed by atoms with Crippen LogP contribution in [0.15, 0.2) is 10.6 Å². The van der Waals surface area contributed by atoms with Gasteiger partial charge in [0.15, 0.2) is 15.7 Å². The number of carbonyl (C=O) groups excluding carboxylic acids is 1. The molecule has 1 fully saturated rings. The molecular formula is C18H30N2O6S. The summed E-state index contributed by atoms with van der Waals surface area (Å²) in [5.74, 6) is 0.00538. The Balaban J connectivity index is 2.06. The van der Waals surface area contributed by atoms with Gasteiger partial charge in [-0.3, -0.25) is 4.79 Å². The first kappa shape index (κ1) is 21.8. The molecule has 0 bridgehead atoms. The number of sulfone groups is 1. The van der Waals surface area contributed by atoms with Crippen LogP contribution in [0, 0.1) is 5.92 Å². The molecule has 2 atom stereocenters. The molecule has 1 aliphatic rings. The summed E-state index contributed by atoms with van der Waals surface area (Å²) in [6, 6.07) is 1.50. The maximum atomic E-state index is 12.7. The van der Waals surface area contributed by atoms with Crippen molar-refractivity contribution < 1.29 is 27.6 Å². The van der Waals surface area contributed by atoms with Gasteiger partial charge < -0.3 is 19.7 Å². The first-order valence-corrected chi connectivity index (χ1v) is 10.8. The Morgan fingerprint density at radius 3 is 2.63 bits per heavy atom. The fourth-order valence-corrected chi connectivity index (χ4v) is 4.13.